The largest absolute Gasteiger partial charge is 0.465 e. The summed E-state index contributed by atoms with van der Waals surface area (Å²) < 4.78 is 18.0. The Hall–Kier alpha value is -2.59. The first-order valence-corrected chi connectivity index (χ1v) is 8.17. The van der Waals surface area contributed by atoms with E-state index in [9.17, 15) is 19.3 Å². The van der Waals surface area contributed by atoms with Gasteiger partial charge in [0.15, 0.2) is 5.11 Å². The Balaban J connectivity index is 2.26. The summed E-state index contributed by atoms with van der Waals surface area (Å²) in [6.45, 7) is 3.63. The Labute approximate surface area is 152 Å². The van der Waals surface area contributed by atoms with Crippen molar-refractivity contribution in [1.82, 2.24) is 0 Å². The molecule has 0 aliphatic carbocycles. The van der Waals surface area contributed by atoms with Gasteiger partial charge in [0.25, 0.3) is 5.69 Å². The van der Waals surface area contributed by atoms with E-state index in [4.69, 9.17) is 17.0 Å². The lowest BCUT2D eigenvalue weighted by Crippen LogP contribution is -2.20. The molecule has 132 valence electrons. The van der Waals surface area contributed by atoms with Gasteiger partial charge in [0.2, 0.25) is 0 Å². The summed E-state index contributed by atoms with van der Waals surface area (Å²) in [5, 5.41) is 17.0. The molecule has 0 radical (unpaired) electrons. The number of anilines is 2. The number of nitro groups is 1. The van der Waals surface area contributed by atoms with Gasteiger partial charge in [-0.2, -0.15) is 0 Å². The van der Waals surface area contributed by atoms with E-state index < -0.39 is 22.4 Å². The van der Waals surface area contributed by atoms with Gasteiger partial charge in [-0.3, -0.25) is 10.1 Å². The molecule has 2 N–H and O–H groups in total. The minimum absolute atomic E-state index is 0.0288. The average Bonchev–Trinajstić information content (AvgIpc) is 2.82. The zero-order chi connectivity index (χ0) is 18.7. The van der Waals surface area contributed by atoms with Gasteiger partial charge in [0.05, 0.1) is 23.7 Å². The highest BCUT2D eigenvalue weighted by molar-refractivity contribution is 7.80. The number of nitrogens with one attached hydrogen (secondary N) is 2. The number of thiophene rings is 1. The summed E-state index contributed by atoms with van der Waals surface area (Å²) in [4.78, 5) is 23.1. The van der Waals surface area contributed by atoms with Crippen LogP contribution in [0.25, 0.3) is 0 Å². The second kappa shape index (κ2) is 7.53. The second-order valence-electron chi connectivity index (χ2n) is 4.98. The molecule has 0 spiro atoms. The third-order valence-electron chi connectivity index (χ3n) is 3.41. The zero-order valence-corrected chi connectivity index (χ0v) is 15.1. The highest BCUT2D eigenvalue weighted by Gasteiger charge is 2.22. The summed E-state index contributed by atoms with van der Waals surface area (Å²) in [5.74, 6) is -1.24. The molecule has 0 aliphatic rings. The first-order chi connectivity index (χ1) is 11.7. The number of ether oxygens (including phenoxy) is 1. The van der Waals surface area contributed by atoms with Gasteiger partial charge in [0, 0.05) is 4.88 Å². The van der Waals surface area contributed by atoms with Crippen molar-refractivity contribution < 1.29 is 18.8 Å². The smallest absolute Gasteiger partial charge is 0.341 e. The van der Waals surface area contributed by atoms with E-state index in [0.29, 0.717) is 10.6 Å². The fourth-order valence-corrected chi connectivity index (χ4v) is 3.41. The molecule has 0 unspecified atom stereocenters. The maximum Gasteiger partial charge on any atom is 0.341 e. The van der Waals surface area contributed by atoms with E-state index in [2.05, 4.69) is 10.6 Å². The number of halogens is 1. The molecule has 0 fully saturated rings. The van der Waals surface area contributed by atoms with Crippen molar-refractivity contribution in [3.8, 4) is 0 Å². The quantitative estimate of drug-likeness (QED) is 0.357. The van der Waals surface area contributed by atoms with Crippen LogP contribution in [0.3, 0.4) is 0 Å². The van der Waals surface area contributed by atoms with Crippen molar-refractivity contribution in [2.24, 2.45) is 0 Å². The number of esters is 1. The lowest BCUT2D eigenvalue weighted by atomic mass is 10.1. The third-order valence-corrected chi connectivity index (χ3v) is 4.73. The highest BCUT2D eigenvalue weighted by atomic mass is 32.1. The van der Waals surface area contributed by atoms with Crippen molar-refractivity contribution in [1.29, 1.82) is 0 Å². The zero-order valence-electron chi connectivity index (χ0n) is 13.5. The predicted octanol–water partition coefficient (Wildman–Crippen LogP) is 4.01. The SMILES string of the molecule is COC(=O)c1c(NC(=S)Nc2ccc(F)cc2[N+](=O)[O-])sc(C)c1C. The van der Waals surface area contributed by atoms with Crippen LogP contribution in [0.2, 0.25) is 0 Å². The van der Waals surface area contributed by atoms with Crippen LogP contribution in [-0.2, 0) is 4.74 Å². The number of nitro benzene ring substituents is 1. The van der Waals surface area contributed by atoms with Crippen molar-refractivity contribution in [3.05, 3.63) is 50.1 Å². The van der Waals surface area contributed by atoms with Crippen LogP contribution in [0, 0.1) is 29.8 Å². The fourth-order valence-electron chi connectivity index (χ4n) is 2.08. The monoisotopic (exact) mass is 383 g/mol. The standard InChI is InChI=1S/C15H14FN3O4S2/c1-7-8(2)25-13(12(7)14(20)23-3)18-15(24)17-10-5-4-9(16)6-11(10)19(21)22/h4-6H,1-3H3,(H2,17,18,24). The number of carbonyl (C=O) groups excluding carboxylic acids is 1. The number of hydrogen-bond acceptors (Lipinski definition) is 6. The van der Waals surface area contributed by atoms with Gasteiger partial charge in [-0.25, -0.2) is 9.18 Å². The van der Waals surface area contributed by atoms with Crippen LogP contribution < -0.4 is 10.6 Å². The molecule has 0 saturated heterocycles. The summed E-state index contributed by atoms with van der Waals surface area (Å²) in [6, 6.07) is 3.09. The Morgan fingerprint density at radius 3 is 2.64 bits per heavy atom. The molecule has 1 aromatic heterocycles. The number of benzene rings is 1. The Kier molecular flexibility index (Phi) is 5.65. The van der Waals surface area contributed by atoms with Crippen LogP contribution in [0.4, 0.5) is 20.8 Å². The number of nitrogens with zero attached hydrogens (tertiary/aromatic N) is 1. The molecule has 10 heteroatoms. The molecular weight excluding hydrogens is 369 g/mol. The predicted molar refractivity (Wildman–Crippen MR) is 98.0 cm³/mol. The number of hydrogen-bond donors (Lipinski definition) is 2. The molecule has 1 heterocycles. The molecule has 2 aromatic rings. The van der Waals surface area contributed by atoms with Crippen molar-refractivity contribution in [2.45, 2.75) is 13.8 Å². The highest BCUT2D eigenvalue weighted by Crippen LogP contribution is 2.33. The minimum atomic E-state index is -0.728. The number of thiocarbonyl (C=S) groups is 1. The summed E-state index contributed by atoms with van der Waals surface area (Å²) >= 11 is 6.45. The normalized spacial score (nSPS) is 10.2. The van der Waals surface area contributed by atoms with Crippen LogP contribution >= 0.6 is 23.6 Å². The minimum Gasteiger partial charge on any atom is -0.465 e. The molecule has 0 amide bonds. The third kappa shape index (κ3) is 4.09. The van der Waals surface area contributed by atoms with Crippen molar-refractivity contribution in [3.63, 3.8) is 0 Å². The van der Waals surface area contributed by atoms with Crippen molar-refractivity contribution >= 4 is 51.0 Å². The average molecular weight is 383 g/mol. The van der Waals surface area contributed by atoms with Gasteiger partial charge in [-0.15, -0.1) is 11.3 Å². The van der Waals surface area contributed by atoms with Gasteiger partial charge >= 0.3 is 5.97 Å². The Morgan fingerprint density at radius 1 is 1.36 bits per heavy atom. The van der Waals surface area contributed by atoms with Crippen LogP contribution in [0.15, 0.2) is 18.2 Å². The summed E-state index contributed by atoms with van der Waals surface area (Å²) in [5.41, 5.74) is 0.696. The van der Waals surface area contributed by atoms with Gasteiger partial charge in [0.1, 0.15) is 16.5 Å². The van der Waals surface area contributed by atoms with Crippen LogP contribution in [0.5, 0.6) is 0 Å². The van der Waals surface area contributed by atoms with Crippen LogP contribution in [0.1, 0.15) is 20.8 Å². The van der Waals surface area contributed by atoms with Gasteiger partial charge in [-0.1, -0.05) is 0 Å². The fraction of sp³-hybridized carbons (Fsp3) is 0.200. The van der Waals surface area contributed by atoms with E-state index in [1.54, 1.807) is 6.92 Å². The molecule has 0 saturated carbocycles. The molecule has 7 nitrogen and oxygen atoms in total. The molecular formula is C15H14FN3O4S2. The number of methoxy groups -OCH3 is 1. The Morgan fingerprint density at radius 2 is 2.04 bits per heavy atom. The number of rotatable bonds is 4. The molecule has 0 bridgehead atoms. The lowest BCUT2D eigenvalue weighted by Gasteiger charge is -2.11. The van der Waals surface area contributed by atoms with E-state index in [1.165, 1.54) is 24.5 Å². The van der Waals surface area contributed by atoms with Crippen molar-refractivity contribution in [2.75, 3.05) is 17.7 Å². The lowest BCUT2D eigenvalue weighted by molar-refractivity contribution is -0.384. The topological polar surface area (TPSA) is 93.5 Å². The van der Waals surface area contributed by atoms with E-state index in [-0.39, 0.29) is 10.8 Å². The van der Waals surface area contributed by atoms with E-state index in [1.807, 2.05) is 6.92 Å². The first kappa shape index (κ1) is 18.7. The van der Waals surface area contributed by atoms with E-state index >= 15 is 0 Å². The first-order valence-electron chi connectivity index (χ1n) is 6.94. The number of carbonyl (C=O) groups is 1. The molecule has 0 atom stereocenters. The maximum atomic E-state index is 13.2. The molecule has 1 aromatic carbocycles. The Bertz CT molecular complexity index is 867. The molecule has 0 aliphatic heterocycles. The van der Waals surface area contributed by atoms with Gasteiger partial charge in [-0.05, 0) is 43.8 Å². The number of aryl methyl sites for hydroxylation is 1. The summed E-state index contributed by atoms with van der Waals surface area (Å²) in [7, 11) is 1.27. The maximum absolute atomic E-state index is 13.2. The summed E-state index contributed by atoms with van der Waals surface area (Å²) in [6.07, 6.45) is 0. The molecule has 25 heavy (non-hydrogen) atoms. The second-order valence-corrected chi connectivity index (χ2v) is 6.61. The van der Waals surface area contributed by atoms with E-state index in [0.717, 1.165) is 22.6 Å². The van der Waals surface area contributed by atoms with Crippen LogP contribution in [-0.4, -0.2) is 23.1 Å². The van der Waals surface area contributed by atoms with Gasteiger partial charge < -0.3 is 15.4 Å². The molecule has 2 rings (SSSR count).